The molecule has 2 aromatic heterocycles. The van der Waals surface area contributed by atoms with Gasteiger partial charge < -0.3 is 4.57 Å². The van der Waals surface area contributed by atoms with Gasteiger partial charge in [-0.3, -0.25) is 0 Å². The van der Waals surface area contributed by atoms with Crippen LogP contribution in [0.1, 0.15) is 22.3 Å². The number of para-hydroxylation sites is 1. The van der Waals surface area contributed by atoms with Gasteiger partial charge in [0.25, 0.3) is 0 Å². The van der Waals surface area contributed by atoms with Gasteiger partial charge in [-0.1, -0.05) is 164 Å². The van der Waals surface area contributed by atoms with E-state index in [2.05, 4.69) is 180 Å². The van der Waals surface area contributed by atoms with Gasteiger partial charge in [0.2, 0.25) is 0 Å². The summed E-state index contributed by atoms with van der Waals surface area (Å²) in [4.78, 5) is 10.1. The van der Waals surface area contributed by atoms with Crippen LogP contribution in [-0.2, 0) is 5.41 Å². The summed E-state index contributed by atoms with van der Waals surface area (Å²) in [6, 6.07) is 72.5. The second-order valence-corrected chi connectivity index (χ2v) is 14.9. The van der Waals surface area contributed by atoms with Crippen LogP contribution >= 0.6 is 0 Å². The fraction of sp³-hybridized carbons (Fsp3) is 0.0189. The van der Waals surface area contributed by atoms with Crippen molar-refractivity contribution < 1.29 is 0 Å². The predicted octanol–water partition coefficient (Wildman–Crippen LogP) is 12.9. The summed E-state index contributed by atoms with van der Waals surface area (Å²) < 4.78 is 2.45. The molecule has 2 aliphatic rings. The summed E-state index contributed by atoms with van der Waals surface area (Å²) in [7, 11) is 0. The van der Waals surface area contributed by atoms with Crippen LogP contribution in [0.4, 0.5) is 0 Å². The Morgan fingerprint density at radius 1 is 0.339 bits per heavy atom. The van der Waals surface area contributed by atoms with Crippen molar-refractivity contribution in [2.45, 2.75) is 5.41 Å². The van der Waals surface area contributed by atoms with Crippen LogP contribution < -0.4 is 0 Å². The maximum Gasteiger partial charge on any atom is 0.160 e. The van der Waals surface area contributed by atoms with E-state index in [1.54, 1.807) is 0 Å². The fourth-order valence-corrected chi connectivity index (χ4v) is 9.68. The summed E-state index contributed by atoms with van der Waals surface area (Å²) in [6.07, 6.45) is 0. The zero-order chi connectivity index (χ0) is 36.8. The lowest BCUT2D eigenvalue weighted by atomic mass is 9.70. The van der Waals surface area contributed by atoms with Crippen LogP contribution in [-0.4, -0.2) is 14.5 Å². The molecular weight excluding hydrogens is 679 g/mol. The number of hydrogen-bond donors (Lipinski definition) is 0. The molecule has 0 fully saturated rings. The molecule has 2 heterocycles. The minimum absolute atomic E-state index is 0.404. The average Bonchev–Trinajstić information content (AvgIpc) is 3.87. The summed E-state index contributed by atoms with van der Waals surface area (Å²) in [5.41, 5.74) is 18.7. The van der Waals surface area contributed by atoms with E-state index in [0.29, 0.717) is 5.82 Å². The minimum atomic E-state index is -0.404. The van der Waals surface area contributed by atoms with Crippen LogP contribution in [0.5, 0.6) is 0 Å². The Bertz CT molecular complexity index is 3070. The Morgan fingerprint density at radius 3 is 1.46 bits per heavy atom. The van der Waals surface area contributed by atoms with E-state index in [0.717, 1.165) is 33.8 Å². The lowest BCUT2D eigenvalue weighted by Crippen LogP contribution is -2.25. The third kappa shape index (κ3) is 4.28. The van der Waals surface area contributed by atoms with E-state index in [1.165, 1.54) is 66.3 Å². The quantitative estimate of drug-likeness (QED) is 0.182. The van der Waals surface area contributed by atoms with Crippen LogP contribution in [0.25, 0.3) is 83.6 Å². The molecular formula is C53H33N3. The molecule has 0 aliphatic heterocycles. The summed E-state index contributed by atoms with van der Waals surface area (Å²) in [6.45, 7) is 0. The normalized spacial score (nSPS) is 13.1. The van der Waals surface area contributed by atoms with Gasteiger partial charge in [-0.15, -0.1) is 0 Å². The molecule has 0 saturated heterocycles. The molecule has 260 valence electrons. The van der Waals surface area contributed by atoms with Crippen LogP contribution in [0.15, 0.2) is 200 Å². The first kappa shape index (κ1) is 31.0. The molecule has 1 spiro atoms. The van der Waals surface area contributed by atoms with Crippen molar-refractivity contribution in [1.29, 1.82) is 0 Å². The van der Waals surface area contributed by atoms with Gasteiger partial charge in [-0.25, -0.2) is 9.97 Å². The minimum Gasteiger partial charge on any atom is -0.309 e. The number of aromatic nitrogens is 3. The van der Waals surface area contributed by atoms with E-state index >= 15 is 0 Å². The van der Waals surface area contributed by atoms with Crippen molar-refractivity contribution in [3.8, 4) is 61.8 Å². The highest BCUT2D eigenvalue weighted by Crippen LogP contribution is 2.63. The van der Waals surface area contributed by atoms with Gasteiger partial charge in [0.1, 0.15) is 0 Å². The summed E-state index contributed by atoms with van der Waals surface area (Å²) in [5, 5.41) is 2.50. The zero-order valence-corrected chi connectivity index (χ0v) is 30.4. The third-order valence-corrected chi connectivity index (χ3v) is 12.0. The Balaban J connectivity index is 1.07. The van der Waals surface area contributed by atoms with E-state index in [-0.39, 0.29) is 0 Å². The van der Waals surface area contributed by atoms with Gasteiger partial charge in [-0.2, -0.15) is 0 Å². The van der Waals surface area contributed by atoms with Crippen molar-refractivity contribution >= 4 is 21.8 Å². The first-order valence-electron chi connectivity index (χ1n) is 19.2. The SMILES string of the molecule is c1ccc(-c2cc(-c3ccc(-n4c5ccccc5c5cc6c(cc54)C4(c5ccccc5-c5ccccc54)c4ccccc4-6)cc3)nc(-c3ccccc3)n2)cc1. The number of nitrogens with zero attached hydrogens (tertiary/aromatic N) is 3. The molecule has 0 radical (unpaired) electrons. The molecule has 3 heteroatoms. The van der Waals surface area contributed by atoms with E-state index in [4.69, 9.17) is 9.97 Å². The topological polar surface area (TPSA) is 30.7 Å². The predicted molar refractivity (Wildman–Crippen MR) is 229 cm³/mol. The Hall–Kier alpha value is -7.36. The number of rotatable bonds is 4. The molecule has 0 amide bonds. The molecule has 56 heavy (non-hydrogen) atoms. The van der Waals surface area contributed by atoms with Gasteiger partial charge >= 0.3 is 0 Å². The van der Waals surface area contributed by atoms with E-state index in [9.17, 15) is 0 Å². The Labute approximate surface area is 324 Å². The smallest absolute Gasteiger partial charge is 0.160 e. The third-order valence-electron chi connectivity index (χ3n) is 12.0. The highest BCUT2D eigenvalue weighted by atomic mass is 15.0. The standard InChI is InChI=1S/C53H33N3/c1-3-15-34(16-4-1)48-33-49(55-52(54-48)36-17-5-2-6-18-36)35-27-29-37(30-28-35)56-50-26-14-10-22-41(50)43-31-42-40-21-9-13-25-46(40)53(47(42)32-51(43)56)44-23-11-7-19-38(44)39-20-8-12-24-45(39)53/h1-33H. The first-order chi connectivity index (χ1) is 27.8. The van der Waals surface area contributed by atoms with Crippen molar-refractivity contribution in [2.24, 2.45) is 0 Å². The molecule has 0 bridgehead atoms. The molecule has 10 aromatic rings. The van der Waals surface area contributed by atoms with Gasteiger partial charge in [-0.05, 0) is 80.9 Å². The van der Waals surface area contributed by atoms with Crippen molar-refractivity contribution in [3.63, 3.8) is 0 Å². The Kier molecular flexibility index (Phi) is 6.55. The van der Waals surface area contributed by atoms with Crippen LogP contribution in [0.2, 0.25) is 0 Å². The van der Waals surface area contributed by atoms with E-state index < -0.39 is 5.41 Å². The second-order valence-electron chi connectivity index (χ2n) is 14.9. The van der Waals surface area contributed by atoms with Crippen molar-refractivity contribution in [3.05, 3.63) is 222 Å². The lowest BCUT2D eigenvalue weighted by molar-refractivity contribution is 0.794. The molecule has 0 saturated carbocycles. The fourth-order valence-electron chi connectivity index (χ4n) is 9.68. The second kappa shape index (κ2) is 11.8. The number of hydrogen-bond acceptors (Lipinski definition) is 2. The Morgan fingerprint density at radius 2 is 0.839 bits per heavy atom. The summed E-state index contributed by atoms with van der Waals surface area (Å²) in [5.74, 6) is 0.715. The average molecular weight is 712 g/mol. The van der Waals surface area contributed by atoms with Gasteiger partial charge in [0.15, 0.2) is 5.82 Å². The van der Waals surface area contributed by atoms with Crippen LogP contribution in [0, 0.1) is 0 Å². The molecule has 0 unspecified atom stereocenters. The monoisotopic (exact) mass is 711 g/mol. The lowest BCUT2D eigenvalue weighted by Gasteiger charge is -2.30. The molecule has 2 aliphatic carbocycles. The molecule has 0 atom stereocenters. The molecule has 8 aromatic carbocycles. The van der Waals surface area contributed by atoms with E-state index in [1.807, 2.05) is 24.3 Å². The maximum absolute atomic E-state index is 5.11. The molecule has 12 rings (SSSR count). The van der Waals surface area contributed by atoms with Gasteiger partial charge in [0, 0.05) is 33.2 Å². The summed E-state index contributed by atoms with van der Waals surface area (Å²) >= 11 is 0. The zero-order valence-electron chi connectivity index (χ0n) is 30.4. The first-order valence-corrected chi connectivity index (χ1v) is 19.2. The molecule has 0 N–H and O–H groups in total. The maximum atomic E-state index is 5.11. The largest absolute Gasteiger partial charge is 0.309 e. The molecule has 3 nitrogen and oxygen atoms in total. The highest BCUT2D eigenvalue weighted by molar-refractivity contribution is 6.12. The van der Waals surface area contributed by atoms with Gasteiger partial charge in [0.05, 0.1) is 27.8 Å². The number of fused-ring (bicyclic) bond motifs is 13. The highest BCUT2D eigenvalue weighted by Gasteiger charge is 2.51. The van der Waals surface area contributed by atoms with Crippen LogP contribution in [0.3, 0.4) is 0 Å². The van der Waals surface area contributed by atoms with Crippen molar-refractivity contribution in [1.82, 2.24) is 14.5 Å². The number of benzene rings is 8. The van der Waals surface area contributed by atoms with Crippen molar-refractivity contribution in [2.75, 3.05) is 0 Å².